The fraction of sp³-hybridized carbons (Fsp3) is 0.464. The standard InChI is InChI=1S/C28H38O5/c1-11-19(21-13-18(33-10)15-23(25(21)29)28(6,7)8)20-12-17(32-9)14-22(27(3,4)5)24(20)16(2)26(30)31/h12-15,19,29H,2,11H2,1,3-10H3,(H,30,31). The molecule has 0 aliphatic rings. The van der Waals surface area contributed by atoms with E-state index in [2.05, 4.69) is 6.58 Å². The zero-order chi connectivity index (χ0) is 25.3. The second kappa shape index (κ2) is 9.50. The number of methoxy groups -OCH3 is 2. The van der Waals surface area contributed by atoms with Gasteiger partial charge in [-0.3, -0.25) is 0 Å². The molecule has 0 aromatic heterocycles. The van der Waals surface area contributed by atoms with E-state index in [1.165, 1.54) is 0 Å². The Balaban J connectivity index is 3.01. The summed E-state index contributed by atoms with van der Waals surface area (Å²) in [5, 5.41) is 21.3. The summed E-state index contributed by atoms with van der Waals surface area (Å²) >= 11 is 0. The lowest BCUT2D eigenvalue weighted by molar-refractivity contribution is -0.130. The minimum absolute atomic E-state index is 0.0226. The lowest BCUT2D eigenvalue weighted by Crippen LogP contribution is -2.19. The van der Waals surface area contributed by atoms with Crippen molar-refractivity contribution < 1.29 is 24.5 Å². The second-order valence-electron chi connectivity index (χ2n) is 10.5. The van der Waals surface area contributed by atoms with E-state index in [9.17, 15) is 15.0 Å². The molecular formula is C28H38O5. The van der Waals surface area contributed by atoms with Crippen LogP contribution in [0.1, 0.15) is 88.6 Å². The molecule has 0 radical (unpaired) electrons. The lowest BCUT2D eigenvalue weighted by Gasteiger charge is -2.30. The van der Waals surface area contributed by atoms with Gasteiger partial charge in [0.15, 0.2) is 0 Å². The van der Waals surface area contributed by atoms with Gasteiger partial charge in [-0.25, -0.2) is 4.79 Å². The number of ether oxygens (including phenoxy) is 2. The maximum atomic E-state index is 12.1. The SMILES string of the molecule is C=C(C(=O)O)c1c(C(CC)c2cc(OC)cc(C(C)(C)C)c2O)cc(OC)cc1C(C)(C)C. The van der Waals surface area contributed by atoms with Gasteiger partial charge in [-0.2, -0.15) is 0 Å². The third-order valence-electron chi connectivity index (χ3n) is 6.06. The molecule has 5 heteroatoms. The van der Waals surface area contributed by atoms with Gasteiger partial charge in [0.2, 0.25) is 0 Å². The summed E-state index contributed by atoms with van der Waals surface area (Å²) in [6, 6.07) is 7.44. The molecule has 2 aromatic carbocycles. The Morgan fingerprint density at radius 1 is 0.909 bits per heavy atom. The first-order chi connectivity index (χ1) is 15.2. The topological polar surface area (TPSA) is 76.0 Å². The van der Waals surface area contributed by atoms with E-state index in [1.807, 2.05) is 72.7 Å². The van der Waals surface area contributed by atoms with Crippen molar-refractivity contribution in [3.05, 3.63) is 58.7 Å². The Bertz CT molecular complexity index is 1050. The van der Waals surface area contributed by atoms with Crippen molar-refractivity contribution in [2.75, 3.05) is 14.2 Å². The van der Waals surface area contributed by atoms with Crippen molar-refractivity contribution in [1.29, 1.82) is 0 Å². The number of hydrogen-bond donors (Lipinski definition) is 2. The highest BCUT2D eigenvalue weighted by atomic mass is 16.5. The van der Waals surface area contributed by atoms with E-state index in [1.54, 1.807) is 14.2 Å². The van der Waals surface area contributed by atoms with Crippen molar-refractivity contribution >= 4 is 11.5 Å². The van der Waals surface area contributed by atoms with Gasteiger partial charge in [-0.15, -0.1) is 0 Å². The van der Waals surface area contributed by atoms with E-state index < -0.39 is 5.97 Å². The van der Waals surface area contributed by atoms with Gasteiger partial charge >= 0.3 is 5.97 Å². The summed E-state index contributed by atoms with van der Waals surface area (Å²) in [5.74, 6) is 0.0927. The van der Waals surface area contributed by atoms with Crippen molar-refractivity contribution in [3.63, 3.8) is 0 Å². The number of carboxylic acids is 1. The first kappa shape index (κ1) is 26.3. The first-order valence-electron chi connectivity index (χ1n) is 11.2. The molecule has 1 atom stereocenters. The summed E-state index contributed by atoms with van der Waals surface area (Å²) < 4.78 is 11.2. The predicted octanol–water partition coefficient (Wildman–Crippen LogP) is 6.64. The van der Waals surface area contributed by atoms with Crippen LogP contribution < -0.4 is 9.47 Å². The highest BCUT2D eigenvalue weighted by Gasteiger charge is 2.31. The van der Waals surface area contributed by atoms with Crippen LogP contribution in [0.5, 0.6) is 17.2 Å². The van der Waals surface area contributed by atoms with E-state index in [-0.39, 0.29) is 28.1 Å². The fourth-order valence-corrected chi connectivity index (χ4v) is 4.26. The van der Waals surface area contributed by atoms with Gasteiger partial charge in [-0.1, -0.05) is 55.0 Å². The third kappa shape index (κ3) is 5.35. The maximum absolute atomic E-state index is 12.1. The molecule has 0 saturated carbocycles. The molecule has 0 heterocycles. The smallest absolute Gasteiger partial charge is 0.335 e. The molecule has 0 spiro atoms. The number of rotatable bonds is 7. The Morgan fingerprint density at radius 3 is 1.76 bits per heavy atom. The largest absolute Gasteiger partial charge is 0.507 e. The van der Waals surface area contributed by atoms with Crippen molar-refractivity contribution in [1.82, 2.24) is 0 Å². The summed E-state index contributed by atoms with van der Waals surface area (Å²) in [7, 11) is 3.20. The van der Waals surface area contributed by atoms with Gasteiger partial charge in [0.25, 0.3) is 0 Å². The number of carbonyl (C=O) groups is 1. The quantitative estimate of drug-likeness (QED) is 0.458. The monoisotopic (exact) mass is 454 g/mol. The van der Waals surface area contributed by atoms with Crippen LogP contribution in [0, 0.1) is 0 Å². The minimum atomic E-state index is -1.08. The molecule has 0 saturated heterocycles. The normalized spacial score (nSPS) is 12.9. The zero-order valence-corrected chi connectivity index (χ0v) is 21.4. The highest BCUT2D eigenvalue weighted by Crippen LogP contribution is 2.46. The van der Waals surface area contributed by atoms with Gasteiger partial charge in [-0.05, 0) is 58.2 Å². The van der Waals surface area contributed by atoms with Gasteiger partial charge < -0.3 is 19.7 Å². The molecule has 2 rings (SSSR count). The summed E-state index contributed by atoms with van der Waals surface area (Å²) in [5.41, 5.74) is 2.99. The fourth-order valence-electron chi connectivity index (χ4n) is 4.26. The molecule has 0 amide bonds. The number of aliphatic carboxylic acids is 1. The Labute approximate surface area is 198 Å². The number of carboxylic acid groups (broad SMARTS) is 1. The van der Waals surface area contributed by atoms with Crippen molar-refractivity contribution in [3.8, 4) is 17.2 Å². The van der Waals surface area contributed by atoms with Crippen LogP contribution in [-0.4, -0.2) is 30.4 Å². The number of hydrogen-bond acceptors (Lipinski definition) is 4. The highest BCUT2D eigenvalue weighted by molar-refractivity contribution is 6.15. The molecule has 0 fully saturated rings. The van der Waals surface area contributed by atoms with Crippen LogP contribution in [0.25, 0.3) is 5.57 Å². The zero-order valence-electron chi connectivity index (χ0n) is 21.4. The van der Waals surface area contributed by atoms with Gasteiger partial charge in [0.1, 0.15) is 17.2 Å². The van der Waals surface area contributed by atoms with Gasteiger partial charge in [0.05, 0.1) is 19.8 Å². The Hall–Kier alpha value is -2.95. The van der Waals surface area contributed by atoms with E-state index in [0.717, 1.165) is 16.7 Å². The molecule has 180 valence electrons. The summed E-state index contributed by atoms with van der Waals surface area (Å²) in [6.07, 6.45) is 0.626. The van der Waals surface area contributed by atoms with E-state index in [0.29, 0.717) is 29.0 Å². The number of benzene rings is 2. The van der Waals surface area contributed by atoms with E-state index in [4.69, 9.17) is 9.47 Å². The first-order valence-corrected chi connectivity index (χ1v) is 11.2. The van der Waals surface area contributed by atoms with E-state index >= 15 is 0 Å². The van der Waals surface area contributed by atoms with Crippen molar-refractivity contribution in [2.45, 2.75) is 71.6 Å². The molecule has 0 aliphatic carbocycles. The molecule has 1 unspecified atom stereocenters. The summed E-state index contributed by atoms with van der Waals surface area (Å²) in [6.45, 7) is 18.1. The van der Waals surface area contributed by atoms with Crippen LogP contribution in [0.3, 0.4) is 0 Å². The molecule has 0 aliphatic heterocycles. The van der Waals surface area contributed by atoms with Crippen LogP contribution in [0.15, 0.2) is 30.8 Å². The molecule has 33 heavy (non-hydrogen) atoms. The average molecular weight is 455 g/mol. The maximum Gasteiger partial charge on any atom is 0.335 e. The summed E-state index contributed by atoms with van der Waals surface area (Å²) in [4.78, 5) is 12.1. The average Bonchev–Trinajstić information content (AvgIpc) is 2.72. The third-order valence-corrected chi connectivity index (χ3v) is 6.06. The molecular weight excluding hydrogens is 416 g/mol. The number of aromatic hydroxyl groups is 1. The number of phenols is 1. The van der Waals surface area contributed by atoms with Gasteiger partial charge in [0, 0.05) is 17.0 Å². The van der Waals surface area contributed by atoms with Crippen LogP contribution in [0.4, 0.5) is 0 Å². The van der Waals surface area contributed by atoms with Crippen LogP contribution in [-0.2, 0) is 15.6 Å². The Kier molecular flexibility index (Phi) is 7.57. The Morgan fingerprint density at radius 2 is 1.36 bits per heavy atom. The van der Waals surface area contributed by atoms with Crippen molar-refractivity contribution in [2.24, 2.45) is 0 Å². The number of phenolic OH excluding ortho intramolecular Hbond substituents is 1. The van der Waals surface area contributed by atoms with Crippen LogP contribution >= 0.6 is 0 Å². The molecule has 2 N–H and O–H groups in total. The molecule has 0 bridgehead atoms. The second-order valence-corrected chi connectivity index (χ2v) is 10.5. The predicted molar refractivity (Wildman–Crippen MR) is 134 cm³/mol. The molecule has 5 nitrogen and oxygen atoms in total. The molecule has 2 aromatic rings. The minimum Gasteiger partial charge on any atom is -0.507 e. The van der Waals surface area contributed by atoms with Crippen LogP contribution in [0.2, 0.25) is 0 Å². The lowest BCUT2D eigenvalue weighted by atomic mass is 9.74.